The molecule has 0 aliphatic heterocycles. The Balaban J connectivity index is 1.92. The Hall–Kier alpha value is -1.44. The van der Waals surface area contributed by atoms with Gasteiger partial charge in [-0.3, -0.25) is 0 Å². The molecule has 3 aromatic heterocycles. The minimum absolute atomic E-state index is 0.0478. The lowest BCUT2D eigenvalue weighted by Crippen LogP contribution is -2.02. The second-order valence-electron chi connectivity index (χ2n) is 4.08. The van der Waals surface area contributed by atoms with Gasteiger partial charge in [0.05, 0.1) is 10.4 Å². The fourth-order valence-corrected chi connectivity index (χ4v) is 3.61. The van der Waals surface area contributed by atoms with Crippen LogP contribution in [0.4, 0.5) is 14.5 Å². The summed E-state index contributed by atoms with van der Waals surface area (Å²) in [6, 6.07) is 5.66. The number of hydrogen-bond acceptors (Lipinski definition) is 5. The molecule has 0 bridgehead atoms. The number of nitrogens with zero attached hydrogens (tertiary/aromatic N) is 1. The van der Waals surface area contributed by atoms with Crippen LogP contribution < -0.4 is 10.1 Å². The summed E-state index contributed by atoms with van der Waals surface area (Å²) in [6.07, 6.45) is 0. The quantitative estimate of drug-likeness (QED) is 0.643. The number of nitrogens with one attached hydrogen (secondary N) is 1. The smallest absolute Gasteiger partial charge is 0.387 e. The lowest BCUT2D eigenvalue weighted by Gasteiger charge is -2.07. The normalized spacial score (nSPS) is 11.2. The van der Waals surface area contributed by atoms with Crippen molar-refractivity contribution < 1.29 is 13.5 Å². The molecular formula is C13H9ClF2N2OS2. The van der Waals surface area contributed by atoms with Crippen molar-refractivity contribution in [3.63, 3.8) is 0 Å². The molecule has 1 N–H and O–H groups in total. The van der Waals surface area contributed by atoms with Gasteiger partial charge < -0.3 is 10.1 Å². The maximum Gasteiger partial charge on any atom is 0.387 e. The number of anilines is 1. The van der Waals surface area contributed by atoms with Gasteiger partial charge in [0.2, 0.25) is 0 Å². The summed E-state index contributed by atoms with van der Waals surface area (Å²) in [6.45, 7) is -2.25. The maximum atomic E-state index is 12.4. The van der Waals surface area contributed by atoms with Gasteiger partial charge in [-0.05, 0) is 11.4 Å². The number of pyridine rings is 1. The van der Waals surface area contributed by atoms with Crippen LogP contribution in [0.5, 0.6) is 5.75 Å². The van der Waals surface area contributed by atoms with E-state index in [0.717, 1.165) is 15.3 Å². The fourth-order valence-electron chi connectivity index (χ4n) is 1.86. The van der Waals surface area contributed by atoms with Crippen molar-refractivity contribution in [2.75, 3.05) is 5.32 Å². The highest BCUT2D eigenvalue weighted by Gasteiger charge is 2.15. The topological polar surface area (TPSA) is 34.1 Å². The molecule has 0 atom stereocenters. The van der Waals surface area contributed by atoms with Gasteiger partial charge in [0.1, 0.15) is 10.7 Å². The first-order valence-electron chi connectivity index (χ1n) is 5.92. The van der Waals surface area contributed by atoms with E-state index in [1.54, 1.807) is 17.4 Å². The van der Waals surface area contributed by atoms with Crippen molar-refractivity contribution in [1.29, 1.82) is 0 Å². The Morgan fingerprint density at radius 3 is 2.95 bits per heavy atom. The average Bonchev–Trinajstić information content (AvgIpc) is 3.06. The van der Waals surface area contributed by atoms with Crippen LogP contribution in [-0.4, -0.2) is 11.6 Å². The van der Waals surface area contributed by atoms with E-state index in [2.05, 4.69) is 15.0 Å². The van der Waals surface area contributed by atoms with Crippen LogP contribution in [0, 0.1) is 0 Å². The van der Waals surface area contributed by atoms with Crippen LogP contribution in [0.2, 0.25) is 5.15 Å². The minimum atomic E-state index is -2.88. The Morgan fingerprint density at radius 1 is 1.38 bits per heavy atom. The molecule has 3 nitrogen and oxygen atoms in total. The highest BCUT2D eigenvalue weighted by molar-refractivity contribution is 7.18. The number of aromatic nitrogens is 1. The number of fused-ring (bicyclic) bond motifs is 1. The highest BCUT2D eigenvalue weighted by atomic mass is 35.5. The van der Waals surface area contributed by atoms with E-state index >= 15 is 0 Å². The van der Waals surface area contributed by atoms with E-state index in [0.29, 0.717) is 12.1 Å². The van der Waals surface area contributed by atoms with E-state index in [1.165, 1.54) is 16.7 Å². The molecule has 8 heteroatoms. The summed E-state index contributed by atoms with van der Waals surface area (Å²) in [5.74, 6) is 0.0478. The first-order chi connectivity index (χ1) is 10.1. The Kier molecular flexibility index (Phi) is 4.23. The number of thiophene rings is 2. The molecule has 0 saturated carbocycles. The number of rotatable bonds is 5. The summed E-state index contributed by atoms with van der Waals surface area (Å²) >= 11 is 8.89. The van der Waals surface area contributed by atoms with E-state index in [9.17, 15) is 8.78 Å². The van der Waals surface area contributed by atoms with E-state index < -0.39 is 6.61 Å². The maximum absolute atomic E-state index is 12.4. The third kappa shape index (κ3) is 3.25. The average molecular weight is 347 g/mol. The molecule has 0 fully saturated rings. The minimum Gasteiger partial charge on any atom is -0.432 e. The van der Waals surface area contributed by atoms with Gasteiger partial charge in [-0.1, -0.05) is 17.7 Å². The van der Waals surface area contributed by atoms with Crippen LogP contribution in [0.1, 0.15) is 4.88 Å². The van der Waals surface area contributed by atoms with Gasteiger partial charge >= 0.3 is 6.61 Å². The third-order valence-electron chi connectivity index (χ3n) is 2.71. The van der Waals surface area contributed by atoms with Crippen LogP contribution in [0.25, 0.3) is 10.2 Å². The second kappa shape index (κ2) is 6.13. The second-order valence-corrected chi connectivity index (χ2v) is 6.38. The van der Waals surface area contributed by atoms with Gasteiger partial charge in [0.15, 0.2) is 5.75 Å². The van der Waals surface area contributed by atoms with Gasteiger partial charge in [-0.15, -0.1) is 22.7 Å². The molecule has 0 aromatic carbocycles. The zero-order valence-electron chi connectivity index (χ0n) is 10.5. The van der Waals surface area contributed by atoms with Crippen molar-refractivity contribution in [2.24, 2.45) is 0 Å². The molecule has 110 valence electrons. The van der Waals surface area contributed by atoms with Crippen molar-refractivity contribution in [3.05, 3.63) is 39.0 Å². The largest absolute Gasteiger partial charge is 0.432 e. The summed E-state index contributed by atoms with van der Waals surface area (Å²) < 4.78 is 29.9. The first kappa shape index (κ1) is 14.5. The van der Waals surface area contributed by atoms with E-state index in [4.69, 9.17) is 11.6 Å². The molecule has 0 unspecified atom stereocenters. The molecule has 0 saturated heterocycles. The number of hydrogen-bond donors (Lipinski definition) is 1. The number of halogens is 3. The monoisotopic (exact) mass is 346 g/mol. The van der Waals surface area contributed by atoms with Crippen LogP contribution >= 0.6 is 34.3 Å². The van der Waals surface area contributed by atoms with Gasteiger partial charge in [0, 0.05) is 22.9 Å². The molecule has 21 heavy (non-hydrogen) atoms. The first-order valence-corrected chi connectivity index (χ1v) is 8.06. The molecule has 3 heterocycles. The van der Waals surface area contributed by atoms with Gasteiger partial charge in [-0.25, -0.2) is 4.98 Å². The van der Waals surface area contributed by atoms with E-state index in [-0.39, 0.29) is 10.9 Å². The fraction of sp³-hybridized carbons (Fsp3) is 0.154. The highest BCUT2D eigenvalue weighted by Crippen LogP contribution is 2.38. The molecule has 3 aromatic rings. The van der Waals surface area contributed by atoms with Crippen LogP contribution in [-0.2, 0) is 6.54 Å². The standard InChI is InChI=1S/C13H9ClF2N2OS2/c14-10-4-8(17-5-7-2-1-3-20-7)12-11(18-10)9(6-21-12)19-13(15)16/h1-4,6,13H,5H2,(H,17,18). The van der Waals surface area contributed by atoms with E-state index in [1.807, 2.05) is 17.5 Å². The van der Waals surface area contributed by atoms with Crippen LogP contribution in [0.15, 0.2) is 29.0 Å². The van der Waals surface area contributed by atoms with Crippen LogP contribution in [0.3, 0.4) is 0 Å². The molecule has 0 amide bonds. The zero-order chi connectivity index (χ0) is 14.8. The van der Waals surface area contributed by atoms with Crippen molar-refractivity contribution in [1.82, 2.24) is 4.98 Å². The molecule has 0 aliphatic rings. The summed E-state index contributed by atoms with van der Waals surface area (Å²) in [4.78, 5) is 5.24. The molecule has 3 rings (SSSR count). The summed E-state index contributed by atoms with van der Waals surface area (Å²) in [7, 11) is 0. The van der Waals surface area contributed by atoms with Crippen molar-refractivity contribution >= 4 is 50.2 Å². The third-order valence-corrected chi connectivity index (χ3v) is 4.76. The SMILES string of the molecule is FC(F)Oc1csc2c(NCc3cccs3)cc(Cl)nc12. The summed E-state index contributed by atoms with van der Waals surface area (Å²) in [5, 5.41) is 6.98. The Morgan fingerprint density at radius 2 is 2.24 bits per heavy atom. The Labute approximate surface area is 132 Å². The molecule has 0 aliphatic carbocycles. The Bertz CT molecular complexity index is 746. The van der Waals surface area contributed by atoms with Crippen molar-refractivity contribution in [2.45, 2.75) is 13.2 Å². The predicted molar refractivity (Wildman–Crippen MR) is 82.9 cm³/mol. The molecular weight excluding hydrogens is 338 g/mol. The number of ether oxygens (including phenoxy) is 1. The van der Waals surface area contributed by atoms with Crippen molar-refractivity contribution in [3.8, 4) is 5.75 Å². The zero-order valence-corrected chi connectivity index (χ0v) is 12.9. The predicted octanol–water partition coefficient (Wildman–Crippen LogP) is 5.22. The molecule has 0 spiro atoms. The lowest BCUT2D eigenvalue weighted by atomic mass is 10.3. The summed E-state index contributed by atoms with van der Waals surface area (Å²) in [5.41, 5.74) is 1.11. The number of alkyl halides is 2. The van der Waals surface area contributed by atoms with Gasteiger partial charge in [-0.2, -0.15) is 8.78 Å². The van der Waals surface area contributed by atoms with Gasteiger partial charge in [0.25, 0.3) is 0 Å². The lowest BCUT2D eigenvalue weighted by molar-refractivity contribution is -0.0486. The molecule has 0 radical (unpaired) electrons.